The second-order valence-corrected chi connectivity index (χ2v) is 6.98. The SMILES string of the molecule is N#Cc1ccc(CN2CCCN(CC(=O)NCc3ccccc3)CC2)cc1. The third-order valence-electron chi connectivity index (χ3n) is 4.87. The smallest absolute Gasteiger partial charge is 0.234 e. The number of amides is 1. The molecule has 1 fully saturated rings. The molecule has 1 saturated heterocycles. The zero-order valence-corrected chi connectivity index (χ0v) is 15.6. The van der Waals surface area contributed by atoms with Crippen molar-refractivity contribution >= 4 is 5.91 Å². The van der Waals surface area contributed by atoms with Crippen molar-refractivity contribution in [3.63, 3.8) is 0 Å². The van der Waals surface area contributed by atoms with Gasteiger partial charge in [-0.15, -0.1) is 0 Å². The van der Waals surface area contributed by atoms with Gasteiger partial charge >= 0.3 is 0 Å². The molecule has 0 atom stereocenters. The van der Waals surface area contributed by atoms with Crippen molar-refractivity contribution in [1.29, 1.82) is 5.26 Å². The number of benzene rings is 2. The molecule has 0 saturated carbocycles. The molecule has 27 heavy (non-hydrogen) atoms. The molecule has 5 nitrogen and oxygen atoms in total. The van der Waals surface area contributed by atoms with Gasteiger partial charge < -0.3 is 5.32 Å². The summed E-state index contributed by atoms with van der Waals surface area (Å²) in [5.74, 6) is 0.0828. The van der Waals surface area contributed by atoms with Gasteiger partial charge in [-0.2, -0.15) is 5.26 Å². The van der Waals surface area contributed by atoms with Crippen LogP contribution in [0.2, 0.25) is 0 Å². The molecule has 1 amide bonds. The van der Waals surface area contributed by atoms with Crippen molar-refractivity contribution in [2.75, 3.05) is 32.7 Å². The molecule has 0 aromatic heterocycles. The van der Waals surface area contributed by atoms with Gasteiger partial charge in [0.25, 0.3) is 0 Å². The zero-order chi connectivity index (χ0) is 18.9. The molecule has 1 N–H and O–H groups in total. The summed E-state index contributed by atoms with van der Waals surface area (Å²) < 4.78 is 0. The van der Waals surface area contributed by atoms with Crippen molar-refractivity contribution in [3.8, 4) is 6.07 Å². The second-order valence-electron chi connectivity index (χ2n) is 6.98. The molecule has 5 heteroatoms. The second kappa shape index (κ2) is 9.86. The van der Waals surface area contributed by atoms with Gasteiger partial charge in [0, 0.05) is 26.2 Å². The van der Waals surface area contributed by atoms with E-state index >= 15 is 0 Å². The molecule has 2 aromatic carbocycles. The first-order chi connectivity index (χ1) is 13.2. The Hall–Kier alpha value is -2.68. The monoisotopic (exact) mass is 362 g/mol. The number of carbonyl (C=O) groups excluding carboxylic acids is 1. The van der Waals surface area contributed by atoms with Crippen molar-refractivity contribution < 1.29 is 4.79 Å². The lowest BCUT2D eigenvalue weighted by Crippen LogP contribution is -2.39. The number of nitrogens with zero attached hydrogens (tertiary/aromatic N) is 3. The standard InChI is InChI=1S/C22H26N4O/c23-15-19-7-9-21(10-8-19)17-25-11-4-12-26(14-13-25)18-22(27)24-16-20-5-2-1-3-6-20/h1-3,5-10H,4,11-14,16-18H2,(H,24,27). The van der Waals surface area contributed by atoms with Crippen LogP contribution >= 0.6 is 0 Å². The van der Waals surface area contributed by atoms with Crippen LogP contribution in [0.1, 0.15) is 23.1 Å². The molecule has 2 aromatic rings. The van der Waals surface area contributed by atoms with Crippen LogP contribution in [-0.4, -0.2) is 48.4 Å². The molecule has 0 radical (unpaired) electrons. The lowest BCUT2D eigenvalue weighted by atomic mass is 10.1. The van der Waals surface area contributed by atoms with Crippen LogP contribution in [0.5, 0.6) is 0 Å². The van der Waals surface area contributed by atoms with Crippen molar-refractivity contribution in [1.82, 2.24) is 15.1 Å². The Morgan fingerprint density at radius 2 is 1.63 bits per heavy atom. The maximum Gasteiger partial charge on any atom is 0.234 e. The van der Waals surface area contributed by atoms with Gasteiger partial charge in [0.2, 0.25) is 5.91 Å². The quantitative estimate of drug-likeness (QED) is 0.857. The molecular weight excluding hydrogens is 336 g/mol. The Bertz CT molecular complexity index is 767. The molecule has 0 bridgehead atoms. The number of nitriles is 1. The highest BCUT2D eigenvalue weighted by atomic mass is 16.2. The minimum Gasteiger partial charge on any atom is -0.351 e. The summed E-state index contributed by atoms with van der Waals surface area (Å²) >= 11 is 0. The van der Waals surface area contributed by atoms with Crippen LogP contribution in [0.4, 0.5) is 0 Å². The van der Waals surface area contributed by atoms with Gasteiger partial charge in [-0.1, -0.05) is 42.5 Å². The van der Waals surface area contributed by atoms with Crippen LogP contribution in [0, 0.1) is 11.3 Å². The minimum absolute atomic E-state index is 0.0828. The van der Waals surface area contributed by atoms with Crippen molar-refractivity contribution in [2.45, 2.75) is 19.5 Å². The van der Waals surface area contributed by atoms with E-state index in [1.807, 2.05) is 54.6 Å². The highest BCUT2D eigenvalue weighted by Gasteiger charge is 2.17. The first-order valence-electron chi connectivity index (χ1n) is 9.47. The number of rotatable bonds is 6. The Labute approximate surface area is 161 Å². The lowest BCUT2D eigenvalue weighted by Gasteiger charge is -2.21. The van der Waals surface area contributed by atoms with Crippen LogP contribution < -0.4 is 5.32 Å². The van der Waals surface area contributed by atoms with Crippen LogP contribution in [0.15, 0.2) is 54.6 Å². The van der Waals surface area contributed by atoms with Gasteiger partial charge in [-0.05, 0) is 42.8 Å². The lowest BCUT2D eigenvalue weighted by molar-refractivity contribution is -0.122. The fourth-order valence-electron chi connectivity index (χ4n) is 3.34. The average molecular weight is 362 g/mol. The molecule has 1 heterocycles. The molecule has 1 aliphatic heterocycles. The van der Waals surface area contributed by atoms with E-state index in [9.17, 15) is 4.79 Å². The molecule has 1 aliphatic rings. The summed E-state index contributed by atoms with van der Waals surface area (Å²) in [6.45, 7) is 5.75. The fraction of sp³-hybridized carbons (Fsp3) is 0.364. The first kappa shape index (κ1) is 19.1. The van der Waals surface area contributed by atoms with E-state index < -0.39 is 0 Å². The highest BCUT2D eigenvalue weighted by Crippen LogP contribution is 2.10. The van der Waals surface area contributed by atoms with Crippen molar-refractivity contribution in [2.24, 2.45) is 0 Å². The number of hydrogen-bond acceptors (Lipinski definition) is 4. The molecule has 0 unspecified atom stereocenters. The first-order valence-corrected chi connectivity index (χ1v) is 9.47. The van der Waals surface area contributed by atoms with Gasteiger partial charge in [-0.3, -0.25) is 14.6 Å². The Morgan fingerprint density at radius 3 is 2.37 bits per heavy atom. The molecule has 3 rings (SSSR count). The van der Waals surface area contributed by atoms with E-state index in [4.69, 9.17) is 5.26 Å². The minimum atomic E-state index is 0.0828. The summed E-state index contributed by atoms with van der Waals surface area (Å²) in [6.07, 6.45) is 1.06. The Kier molecular flexibility index (Phi) is 6.97. The van der Waals surface area contributed by atoms with Gasteiger partial charge in [0.1, 0.15) is 0 Å². The van der Waals surface area contributed by atoms with Gasteiger partial charge in [0.05, 0.1) is 18.2 Å². The molecule has 0 aliphatic carbocycles. The zero-order valence-electron chi connectivity index (χ0n) is 15.6. The summed E-state index contributed by atoms with van der Waals surface area (Å²) in [7, 11) is 0. The summed E-state index contributed by atoms with van der Waals surface area (Å²) in [5, 5.41) is 11.9. The number of nitrogens with one attached hydrogen (secondary N) is 1. The Balaban J connectivity index is 1.42. The van der Waals surface area contributed by atoms with Gasteiger partial charge in [0.15, 0.2) is 0 Å². The van der Waals surface area contributed by atoms with E-state index in [-0.39, 0.29) is 5.91 Å². The third-order valence-corrected chi connectivity index (χ3v) is 4.87. The largest absolute Gasteiger partial charge is 0.351 e. The third kappa shape index (κ3) is 6.21. The van der Waals surface area contributed by atoms with Crippen molar-refractivity contribution in [3.05, 3.63) is 71.3 Å². The van der Waals surface area contributed by atoms with Gasteiger partial charge in [-0.25, -0.2) is 0 Å². The summed E-state index contributed by atoms with van der Waals surface area (Å²) in [6, 6.07) is 19.9. The number of carbonyl (C=O) groups is 1. The van der Waals surface area contributed by atoms with E-state index in [1.54, 1.807) is 0 Å². The van der Waals surface area contributed by atoms with Crippen LogP contribution in [-0.2, 0) is 17.9 Å². The maximum atomic E-state index is 12.2. The maximum absolute atomic E-state index is 12.2. The average Bonchev–Trinajstić information content (AvgIpc) is 2.93. The van der Waals surface area contributed by atoms with E-state index in [2.05, 4.69) is 21.2 Å². The van der Waals surface area contributed by atoms with E-state index in [0.717, 1.165) is 44.7 Å². The molecule has 0 spiro atoms. The van der Waals surface area contributed by atoms with Crippen LogP contribution in [0.3, 0.4) is 0 Å². The summed E-state index contributed by atoms with van der Waals surface area (Å²) in [4.78, 5) is 16.9. The predicted octanol–water partition coefficient (Wildman–Crippen LogP) is 2.38. The Morgan fingerprint density at radius 1 is 0.926 bits per heavy atom. The van der Waals surface area contributed by atoms with Crippen LogP contribution in [0.25, 0.3) is 0 Å². The highest BCUT2D eigenvalue weighted by molar-refractivity contribution is 5.78. The van der Waals surface area contributed by atoms with E-state index in [1.165, 1.54) is 5.56 Å². The predicted molar refractivity (Wildman–Crippen MR) is 106 cm³/mol. The topological polar surface area (TPSA) is 59.4 Å². The summed E-state index contributed by atoms with van der Waals surface area (Å²) in [5.41, 5.74) is 3.04. The number of hydrogen-bond donors (Lipinski definition) is 1. The normalized spacial score (nSPS) is 15.7. The molecular formula is C22H26N4O. The van der Waals surface area contributed by atoms with E-state index in [0.29, 0.717) is 18.7 Å². The fourth-order valence-corrected chi connectivity index (χ4v) is 3.34. The molecule has 140 valence electrons.